The van der Waals surface area contributed by atoms with Gasteiger partial charge in [0.15, 0.2) is 5.82 Å². The largest absolute Gasteiger partial charge is 0.497 e. The fourth-order valence-corrected chi connectivity index (χ4v) is 3.95. The number of amides is 2. The molecule has 1 aromatic heterocycles. The van der Waals surface area contributed by atoms with Gasteiger partial charge in [-0.2, -0.15) is 5.10 Å². The molecule has 2 aromatic carbocycles. The molecule has 32 heavy (non-hydrogen) atoms. The number of ether oxygens (including phenoxy) is 1. The molecule has 8 nitrogen and oxygen atoms in total. The highest BCUT2D eigenvalue weighted by Crippen LogP contribution is 2.38. The molecule has 0 spiro atoms. The number of aromatic amines is 1. The van der Waals surface area contributed by atoms with Crippen molar-refractivity contribution in [2.75, 3.05) is 38.6 Å². The zero-order valence-electron chi connectivity index (χ0n) is 18.3. The average molecular weight is 433 g/mol. The van der Waals surface area contributed by atoms with Gasteiger partial charge in [-0.25, -0.2) is 9.78 Å². The summed E-state index contributed by atoms with van der Waals surface area (Å²) in [5, 5.41) is 10.4. The first kappa shape index (κ1) is 20.5. The van der Waals surface area contributed by atoms with Crippen LogP contribution in [0.3, 0.4) is 0 Å². The van der Waals surface area contributed by atoms with E-state index in [0.29, 0.717) is 24.8 Å². The topological polar surface area (TPSA) is 86.4 Å². The summed E-state index contributed by atoms with van der Waals surface area (Å²) in [6.07, 6.45) is 2.38. The first-order valence-corrected chi connectivity index (χ1v) is 11.1. The summed E-state index contributed by atoms with van der Waals surface area (Å²) in [7, 11) is 1.68. The Morgan fingerprint density at radius 3 is 2.44 bits per heavy atom. The number of carbonyl (C=O) groups excluding carboxylic acids is 1. The molecule has 0 bridgehead atoms. The molecule has 2 amide bonds. The number of H-pyrrole nitrogens is 1. The number of piperazine rings is 1. The number of methoxy groups -OCH3 is 1. The Labute approximate surface area is 187 Å². The number of benzene rings is 2. The molecule has 2 aliphatic rings. The summed E-state index contributed by atoms with van der Waals surface area (Å²) < 4.78 is 5.22. The number of hydrogen-bond acceptors (Lipinski definition) is 5. The third-order valence-corrected chi connectivity index (χ3v) is 6.09. The Hall–Kier alpha value is -3.39. The Balaban J connectivity index is 1.11. The van der Waals surface area contributed by atoms with E-state index in [0.717, 1.165) is 42.5 Å². The number of anilines is 1. The maximum atomic E-state index is 12.7. The minimum atomic E-state index is -0.0595. The SMILES string of the molecule is COc1ccc(CN2CCN(C(=O)Nc3ccc(-c4n[nH]c(C5CC5)n4)cc3)CC2)cc1. The lowest BCUT2D eigenvalue weighted by Gasteiger charge is -2.34. The van der Waals surface area contributed by atoms with E-state index in [1.807, 2.05) is 41.3 Å². The summed E-state index contributed by atoms with van der Waals surface area (Å²) in [4.78, 5) is 21.5. The van der Waals surface area contributed by atoms with Gasteiger partial charge in [-0.15, -0.1) is 0 Å². The van der Waals surface area contributed by atoms with Crippen molar-refractivity contribution in [3.63, 3.8) is 0 Å². The maximum Gasteiger partial charge on any atom is 0.321 e. The van der Waals surface area contributed by atoms with E-state index in [1.165, 1.54) is 18.4 Å². The van der Waals surface area contributed by atoms with Crippen molar-refractivity contribution in [1.82, 2.24) is 25.0 Å². The molecule has 8 heteroatoms. The van der Waals surface area contributed by atoms with Gasteiger partial charge in [0.1, 0.15) is 11.6 Å². The van der Waals surface area contributed by atoms with Crippen molar-refractivity contribution in [3.8, 4) is 17.1 Å². The van der Waals surface area contributed by atoms with Crippen molar-refractivity contribution in [1.29, 1.82) is 0 Å². The van der Waals surface area contributed by atoms with Crippen molar-refractivity contribution in [2.24, 2.45) is 0 Å². The Morgan fingerprint density at radius 2 is 1.78 bits per heavy atom. The van der Waals surface area contributed by atoms with Gasteiger partial charge in [-0.1, -0.05) is 12.1 Å². The average Bonchev–Trinajstić information content (AvgIpc) is 3.57. The highest BCUT2D eigenvalue weighted by atomic mass is 16.5. The first-order chi connectivity index (χ1) is 15.7. The van der Waals surface area contributed by atoms with Crippen LogP contribution in [0.1, 0.15) is 30.1 Å². The van der Waals surface area contributed by atoms with Crippen LogP contribution < -0.4 is 10.1 Å². The molecule has 5 rings (SSSR count). The van der Waals surface area contributed by atoms with Gasteiger partial charge in [-0.05, 0) is 54.8 Å². The second-order valence-electron chi connectivity index (χ2n) is 8.44. The number of rotatable bonds is 6. The molecule has 2 heterocycles. The summed E-state index contributed by atoms with van der Waals surface area (Å²) in [6, 6.07) is 15.8. The zero-order valence-corrected chi connectivity index (χ0v) is 18.3. The predicted octanol–water partition coefficient (Wildman–Crippen LogP) is 3.71. The van der Waals surface area contributed by atoms with Gasteiger partial charge in [0.05, 0.1) is 7.11 Å². The number of hydrogen-bond donors (Lipinski definition) is 2. The fraction of sp³-hybridized carbons (Fsp3) is 0.375. The lowest BCUT2D eigenvalue weighted by Crippen LogP contribution is -2.49. The van der Waals surface area contributed by atoms with E-state index < -0.39 is 0 Å². The van der Waals surface area contributed by atoms with Crippen LogP contribution >= 0.6 is 0 Å². The first-order valence-electron chi connectivity index (χ1n) is 11.1. The monoisotopic (exact) mass is 432 g/mol. The van der Waals surface area contributed by atoms with Crippen LogP contribution in [-0.4, -0.2) is 64.3 Å². The van der Waals surface area contributed by atoms with Crippen LogP contribution in [0.25, 0.3) is 11.4 Å². The fourth-order valence-electron chi connectivity index (χ4n) is 3.95. The smallest absolute Gasteiger partial charge is 0.321 e. The molecule has 1 aliphatic heterocycles. The van der Waals surface area contributed by atoms with Crippen molar-refractivity contribution in [2.45, 2.75) is 25.3 Å². The quantitative estimate of drug-likeness (QED) is 0.620. The second-order valence-corrected chi connectivity index (χ2v) is 8.44. The van der Waals surface area contributed by atoms with Gasteiger partial charge in [0.25, 0.3) is 0 Å². The number of nitrogens with one attached hydrogen (secondary N) is 2. The van der Waals surface area contributed by atoms with Gasteiger partial charge >= 0.3 is 6.03 Å². The van der Waals surface area contributed by atoms with Gasteiger partial charge in [0, 0.05) is 49.9 Å². The van der Waals surface area contributed by atoms with Gasteiger partial charge in [0.2, 0.25) is 0 Å². The summed E-state index contributed by atoms with van der Waals surface area (Å²) in [5.74, 6) is 3.10. The maximum absolute atomic E-state index is 12.7. The van der Waals surface area contributed by atoms with E-state index in [9.17, 15) is 4.79 Å². The predicted molar refractivity (Wildman–Crippen MR) is 123 cm³/mol. The summed E-state index contributed by atoms with van der Waals surface area (Å²) in [5.41, 5.74) is 2.97. The van der Waals surface area contributed by atoms with Crippen molar-refractivity contribution in [3.05, 3.63) is 59.9 Å². The molecule has 166 valence electrons. The molecule has 0 unspecified atom stereocenters. The third-order valence-electron chi connectivity index (χ3n) is 6.09. The molecular formula is C24H28N6O2. The lowest BCUT2D eigenvalue weighted by atomic mass is 10.2. The van der Waals surface area contributed by atoms with E-state index in [1.54, 1.807) is 7.11 Å². The van der Waals surface area contributed by atoms with E-state index in [2.05, 4.69) is 37.5 Å². The van der Waals surface area contributed by atoms with E-state index >= 15 is 0 Å². The lowest BCUT2D eigenvalue weighted by molar-refractivity contribution is 0.143. The molecule has 2 N–H and O–H groups in total. The number of urea groups is 1. The second kappa shape index (κ2) is 9.00. The van der Waals surface area contributed by atoms with Gasteiger partial charge in [-0.3, -0.25) is 10.00 Å². The minimum absolute atomic E-state index is 0.0595. The minimum Gasteiger partial charge on any atom is -0.497 e. The highest BCUT2D eigenvalue weighted by molar-refractivity contribution is 5.89. The molecule has 0 radical (unpaired) electrons. The molecule has 1 saturated heterocycles. The van der Waals surface area contributed by atoms with E-state index in [4.69, 9.17) is 4.74 Å². The third kappa shape index (κ3) is 4.75. The highest BCUT2D eigenvalue weighted by Gasteiger charge is 2.27. The molecule has 1 aliphatic carbocycles. The van der Waals surface area contributed by atoms with E-state index in [-0.39, 0.29) is 6.03 Å². The van der Waals surface area contributed by atoms with Crippen molar-refractivity contribution >= 4 is 11.7 Å². The zero-order chi connectivity index (χ0) is 21.9. The molecule has 0 atom stereocenters. The molecule has 3 aromatic rings. The van der Waals surface area contributed by atoms with Crippen LogP contribution in [0.4, 0.5) is 10.5 Å². The van der Waals surface area contributed by atoms with Crippen molar-refractivity contribution < 1.29 is 9.53 Å². The number of nitrogens with zero attached hydrogens (tertiary/aromatic N) is 4. The molecule has 2 fully saturated rings. The van der Waals surface area contributed by atoms with Crippen LogP contribution in [0.2, 0.25) is 0 Å². The Morgan fingerprint density at radius 1 is 1.06 bits per heavy atom. The summed E-state index contributed by atoms with van der Waals surface area (Å²) >= 11 is 0. The van der Waals surface area contributed by atoms with Crippen LogP contribution in [-0.2, 0) is 6.54 Å². The standard InChI is InChI=1S/C24H28N6O2/c1-32-21-10-2-17(3-11-21)16-29-12-14-30(15-13-29)24(31)25-20-8-6-19(7-9-20)23-26-22(27-28-23)18-4-5-18/h2-3,6-11,18H,4-5,12-16H2,1H3,(H,25,31)(H,26,27,28). The Bertz CT molecular complexity index is 1050. The number of aromatic nitrogens is 3. The van der Waals surface area contributed by atoms with Crippen LogP contribution in [0.15, 0.2) is 48.5 Å². The van der Waals surface area contributed by atoms with Gasteiger partial charge < -0.3 is 15.0 Å². The van der Waals surface area contributed by atoms with Crippen LogP contribution in [0.5, 0.6) is 5.75 Å². The Kier molecular flexibility index (Phi) is 5.77. The molecule has 1 saturated carbocycles. The normalized spacial score (nSPS) is 16.7. The molecular weight excluding hydrogens is 404 g/mol. The number of carbonyl (C=O) groups is 1. The van der Waals surface area contributed by atoms with Crippen LogP contribution in [0, 0.1) is 0 Å². The summed E-state index contributed by atoms with van der Waals surface area (Å²) in [6.45, 7) is 4.01.